The topological polar surface area (TPSA) is 61.4 Å². The lowest BCUT2D eigenvalue weighted by molar-refractivity contribution is 0.0869. The standard InChI is InChI=1S/C13H18N2O2/c1-13(2,8-16)15-12(17)10-3-4-11-9(7-10)5-6-14-11/h3-4,7,14,16H,5-6,8H2,1-2H3,(H,15,17). The molecule has 2 rings (SSSR count). The van der Waals surface area contributed by atoms with Gasteiger partial charge in [-0.05, 0) is 44.0 Å². The van der Waals surface area contributed by atoms with Crippen molar-refractivity contribution in [3.05, 3.63) is 29.3 Å². The Morgan fingerprint density at radius 3 is 3.00 bits per heavy atom. The number of anilines is 1. The minimum atomic E-state index is -0.589. The molecule has 0 aliphatic carbocycles. The van der Waals surface area contributed by atoms with Crippen molar-refractivity contribution in [1.29, 1.82) is 0 Å². The summed E-state index contributed by atoms with van der Waals surface area (Å²) in [6.45, 7) is 4.44. The summed E-state index contributed by atoms with van der Waals surface area (Å²) < 4.78 is 0. The zero-order valence-corrected chi connectivity index (χ0v) is 10.2. The number of nitrogens with one attached hydrogen (secondary N) is 2. The fourth-order valence-electron chi connectivity index (χ4n) is 1.87. The Hall–Kier alpha value is -1.55. The molecular formula is C13H18N2O2. The molecule has 0 spiro atoms. The lowest BCUT2D eigenvalue weighted by Crippen LogP contribution is -2.46. The van der Waals surface area contributed by atoms with Crippen molar-refractivity contribution in [2.24, 2.45) is 0 Å². The number of amides is 1. The summed E-state index contributed by atoms with van der Waals surface area (Å²) in [5.41, 5.74) is 2.35. The van der Waals surface area contributed by atoms with Crippen LogP contribution in [0.4, 0.5) is 5.69 Å². The second kappa shape index (κ2) is 4.37. The predicted molar refractivity (Wildman–Crippen MR) is 67.3 cm³/mol. The third kappa shape index (κ3) is 2.58. The van der Waals surface area contributed by atoms with Crippen LogP contribution in [0.25, 0.3) is 0 Å². The number of hydrogen-bond acceptors (Lipinski definition) is 3. The zero-order chi connectivity index (χ0) is 12.5. The zero-order valence-electron chi connectivity index (χ0n) is 10.2. The Balaban J connectivity index is 2.15. The monoisotopic (exact) mass is 234 g/mol. The average molecular weight is 234 g/mol. The number of carbonyl (C=O) groups is 1. The van der Waals surface area contributed by atoms with Crippen molar-refractivity contribution in [2.45, 2.75) is 25.8 Å². The van der Waals surface area contributed by atoms with E-state index < -0.39 is 5.54 Å². The van der Waals surface area contributed by atoms with Crippen LogP contribution < -0.4 is 10.6 Å². The van der Waals surface area contributed by atoms with Crippen molar-refractivity contribution >= 4 is 11.6 Å². The fourth-order valence-corrected chi connectivity index (χ4v) is 1.87. The van der Waals surface area contributed by atoms with Gasteiger partial charge in [0.25, 0.3) is 5.91 Å². The SMILES string of the molecule is CC(C)(CO)NC(=O)c1ccc2c(c1)CCN2. The normalized spacial score (nSPS) is 14.1. The molecule has 17 heavy (non-hydrogen) atoms. The average Bonchev–Trinajstić information content (AvgIpc) is 2.75. The molecule has 0 saturated carbocycles. The van der Waals surface area contributed by atoms with Crippen molar-refractivity contribution < 1.29 is 9.90 Å². The lowest BCUT2D eigenvalue weighted by atomic mass is 10.0. The molecule has 0 atom stereocenters. The minimum absolute atomic E-state index is 0.0781. The van der Waals surface area contributed by atoms with Crippen LogP contribution in [-0.4, -0.2) is 29.7 Å². The van der Waals surface area contributed by atoms with Gasteiger partial charge in [-0.3, -0.25) is 4.79 Å². The number of aliphatic hydroxyl groups excluding tert-OH is 1. The van der Waals surface area contributed by atoms with E-state index in [1.54, 1.807) is 19.9 Å². The molecule has 92 valence electrons. The van der Waals surface area contributed by atoms with Gasteiger partial charge >= 0.3 is 0 Å². The summed E-state index contributed by atoms with van der Waals surface area (Å²) >= 11 is 0. The highest BCUT2D eigenvalue weighted by atomic mass is 16.3. The van der Waals surface area contributed by atoms with Gasteiger partial charge in [-0.25, -0.2) is 0 Å². The Labute approximate surface area is 101 Å². The molecule has 1 aromatic carbocycles. The first-order valence-corrected chi connectivity index (χ1v) is 5.82. The van der Waals surface area contributed by atoms with Crippen LogP contribution in [0.15, 0.2) is 18.2 Å². The molecule has 0 radical (unpaired) electrons. The molecule has 3 N–H and O–H groups in total. The Bertz CT molecular complexity index is 441. The molecule has 1 aromatic rings. The largest absolute Gasteiger partial charge is 0.394 e. The van der Waals surface area contributed by atoms with E-state index in [1.165, 1.54) is 5.56 Å². The number of carbonyl (C=O) groups excluding carboxylic acids is 1. The summed E-state index contributed by atoms with van der Waals surface area (Å²) in [5.74, 6) is -0.140. The van der Waals surface area contributed by atoms with Crippen LogP contribution in [0.2, 0.25) is 0 Å². The second-order valence-corrected chi connectivity index (χ2v) is 5.04. The molecule has 1 heterocycles. The van der Waals surface area contributed by atoms with Gasteiger partial charge in [0, 0.05) is 17.8 Å². The summed E-state index contributed by atoms with van der Waals surface area (Å²) in [5, 5.41) is 15.2. The number of hydrogen-bond donors (Lipinski definition) is 3. The maximum absolute atomic E-state index is 12.0. The van der Waals surface area contributed by atoms with Gasteiger partial charge in [-0.1, -0.05) is 0 Å². The summed E-state index contributed by atoms with van der Waals surface area (Å²) in [4.78, 5) is 12.0. The molecule has 0 fully saturated rings. The quantitative estimate of drug-likeness (QED) is 0.735. The van der Waals surface area contributed by atoms with E-state index >= 15 is 0 Å². The van der Waals surface area contributed by atoms with Gasteiger partial charge in [0.05, 0.1) is 12.1 Å². The molecule has 4 nitrogen and oxygen atoms in total. The Morgan fingerprint density at radius 2 is 2.29 bits per heavy atom. The first kappa shape index (κ1) is 11.9. The summed E-state index contributed by atoms with van der Waals surface area (Å²) in [7, 11) is 0. The number of aliphatic hydroxyl groups is 1. The van der Waals surface area contributed by atoms with Crippen molar-refractivity contribution in [3.63, 3.8) is 0 Å². The smallest absolute Gasteiger partial charge is 0.251 e. The van der Waals surface area contributed by atoms with Gasteiger partial charge in [-0.2, -0.15) is 0 Å². The Morgan fingerprint density at radius 1 is 1.53 bits per heavy atom. The van der Waals surface area contributed by atoms with E-state index in [0.717, 1.165) is 18.7 Å². The van der Waals surface area contributed by atoms with Crippen molar-refractivity contribution in [1.82, 2.24) is 5.32 Å². The fraction of sp³-hybridized carbons (Fsp3) is 0.462. The van der Waals surface area contributed by atoms with Crippen molar-refractivity contribution in [3.8, 4) is 0 Å². The molecule has 0 aromatic heterocycles. The number of rotatable bonds is 3. The molecule has 4 heteroatoms. The van der Waals surface area contributed by atoms with Crippen molar-refractivity contribution in [2.75, 3.05) is 18.5 Å². The van der Waals surface area contributed by atoms with Crippen LogP contribution >= 0.6 is 0 Å². The third-order valence-electron chi connectivity index (χ3n) is 2.92. The van der Waals surface area contributed by atoms with Gasteiger partial charge in [-0.15, -0.1) is 0 Å². The van der Waals surface area contributed by atoms with Gasteiger partial charge in [0.2, 0.25) is 0 Å². The van der Waals surface area contributed by atoms with Crippen LogP contribution in [0, 0.1) is 0 Å². The van der Waals surface area contributed by atoms with Crippen LogP contribution in [0.1, 0.15) is 29.8 Å². The maximum atomic E-state index is 12.0. The molecule has 1 aliphatic rings. The third-order valence-corrected chi connectivity index (χ3v) is 2.92. The van der Waals surface area contributed by atoms with E-state index in [9.17, 15) is 4.79 Å². The highest BCUT2D eigenvalue weighted by molar-refractivity contribution is 5.95. The minimum Gasteiger partial charge on any atom is -0.394 e. The summed E-state index contributed by atoms with van der Waals surface area (Å²) in [6, 6.07) is 5.65. The predicted octanol–water partition coefficient (Wildman–Crippen LogP) is 1.16. The number of fused-ring (bicyclic) bond motifs is 1. The molecule has 0 saturated heterocycles. The maximum Gasteiger partial charge on any atom is 0.251 e. The van der Waals surface area contributed by atoms with Gasteiger partial charge in [0.15, 0.2) is 0 Å². The highest BCUT2D eigenvalue weighted by Gasteiger charge is 2.21. The molecule has 0 bridgehead atoms. The van der Waals surface area contributed by atoms with Crippen LogP contribution in [-0.2, 0) is 6.42 Å². The van der Waals surface area contributed by atoms with Gasteiger partial charge in [0.1, 0.15) is 0 Å². The first-order chi connectivity index (χ1) is 8.02. The van der Waals surface area contributed by atoms with E-state index in [4.69, 9.17) is 5.11 Å². The van der Waals surface area contributed by atoms with Crippen LogP contribution in [0.3, 0.4) is 0 Å². The van der Waals surface area contributed by atoms with Crippen LogP contribution in [0.5, 0.6) is 0 Å². The molecule has 0 unspecified atom stereocenters. The first-order valence-electron chi connectivity index (χ1n) is 5.82. The van der Waals surface area contributed by atoms with E-state index in [2.05, 4.69) is 10.6 Å². The second-order valence-electron chi connectivity index (χ2n) is 5.04. The van der Waals surface area contributed by atoms with E-state index in [-0.39, 0.29) is 12.5 Å². The summed E-state index contributed by atoms with van der Waals surface area (Å²) in [6.07, 6.45) is 0.958. The van der Waals surface area contributed by atoms with Gasteiger partial charge < -0.3 is 15.7 Å². The molecule has 1 aliphatic heterocycles. The Kier molecular flexibility index (Phi) is 3.07. The lowest BCUT2D eigenvalue weighted by Gasteiger charge is -2.23. The molecule has 1 amide bonds. The molecular weight excluding hydrogens is 216 g/mol. The van der Waals surface area contributed by atoms with E-state index in [1.807, 2.05) is 12.1 Å². The number of benzene rings is 1. The highest BCUT2D eigenvalue weighted by Crippen LogP contribution is 2.23. The van der Waals surface area contributed by atoms with E-state index in [0.29, 0.717) is 5.56 Å².